The van der Waals surface area contributed by atoms with E-state index in [1.54, 1.807) is 11.3 Å². The van der Waals surface area contributed by atoms with Gasteiger partial charge in [-0.2, -0.15) is 11.3 Å². The highest BCUT2D eigenvalue weighted by Gasteiger charge is 2.28. The Morgan fingerprint density at radius 2 is 2.46 bits per heavy atom. The lowest BCUT2D eigenvalue weighted by Crippen LogP contribution is -2.38. The van der Waals surface area contributed by atoms with Crippen molar-refractivity contribution in [2.75, 3.05) is 6.54 Å². The van der Waals surface area contributed by atoms with Gasteiger partial charge in [-0.15, -0.1) is 0 Å². The minimum Gasteiger partial charge on any atom is -0.311 e. The van der Waals surface area contributed by atoms with Crippen LogP contribution < -0.4 is 5.32 Å². The molecule has 1 aromatic rings. The zero-order valence-corrected chi connectivity index (χ0v) is 10.2. The van der Waals surface area contributed by atoms with E-state index in [1.807, 2.05) is 0 Å². The molecular formula is C10H14BrNS. The molecule has 0 amide bonds. The van der Waals surface area contributed by atoms with Crippen LogP contribution in [0, 0.1) is 0 Å². The summed E-state index contributed by atoms with van der Waals surface area (Å²) in [4.78, 5) is 0. The minimum absolute atomic E-state index is 0.337. The highest BCUT2D eigenvalue weighted by atomic mass is 79.9. The maximum absolute atomic E-state index is 3.58. The van der Waals surface area contributed by atoms with E-state index >= 15 is 0 Å². The summed E-state index contributed by atoms with van der Waals surface area (Å²) in [5, 5.41) is 7.99. The van der Waals surface area contributed by atoms with Crippen LogP contribution in [0.2, 0.25) is 0 Å². The molecular weight excluding hydrogens is 246 g/mol. The van der Waals surface area contributed by atoms with Gasteiger partial charge in [0.05, 0.1) is 0 Å². The second-order valence-electron chi connectivity index (χ2n) is 4.01. The summed E-state index contributed by atoms with van der Waals surface area (Å²) >= 11 is 5.35. The van der Waals surface area contributed by atoms with Gasteiger partial charge >= 0.3 is 0 Å². The summed E-state index contributed by atoms with van der Waals surface area (Å²) in [5.74, 6) is 0. The molecule has 1 fully saturated rings. The molecule has 1 saturated heterocycles. The van der Waals surface area contributed by atoms with Crippen LogP contribution in [0.1, 0.15) is 25.3 Å². The molecule has 1 aliphatic rings. The van der Waals surface area contributed by atoms with Gasteiger partial charge in [0, 0.05) is 15.4 Å². The van der Waals surface area contributed by atoms with Crippen LogP contribution in [0.15, 0.2) is 15.2 Å². The summed E-state index contributed by atoms with van der Waals surface area (Å²) in [6, 6.07) is 0. The lowest BCUT2D eigenvalue weighted by molar-refractivity contribution is 0.412. The molecule has 1 nitrogen and oxygen atoms in total. The maximum atomic E-state index is 3.58. The summed E-state index contributed by atoms with van der Waals surface area (Å²) in [6.07, 6.45) is 3.77. The number of thiophene rings is 1. The zero-order valence-electron chi connectivity index (χ0n) is 7.77. The summed E-state index contributed by atoms with van der Waals surface area (Å²) < 4.78 is 1.27. The molecule has 13 heavy (non-hydrogen) atoms. The predicted molar refractivity (Wildman–Crippen MR) is 61.4 cm³/mol. The van der Waals surface area contributed by atoms with Crippen LogP contribution >= 0.6 is 27.3 Å². The molecule has 3 heteroatoms. The highest BCUT2D eigenvalue weighted by molar-refractivity contribution is 9.10. The topological polar surface area (TPSA) is 12.0 Å². The third-order valence-corrected chi connectivity index (χ3v) is 4.56. The first-order valence-corrected chi connectivity index (χ1v) is 6.39. The molecule has 0 bridgehead atoms. The Hall–Kier alpha value is 0.140. The summed E-state index contributed by atoms with van der Waals surface area (Å²) in [7, 11) is 0. The van der Waals surface area contributed by atoms with Crippen molar-refractivity contribution in [3.05, 3.63) is 20.8 Å². The monoisotopic (exact) mass is 259 g/mol. The Bertz CT molecular complexity index is 289. The first-order chi connectivity index (χ1) is 6.20. The van der Waals surface area contributed by atoms with Gasteiger partial charge in [0.2, 0.25) is 0 Å². The number of hydrogen-bond acceptors (Lipinski definition) is 2. The Morgan fingerprint density at radius 1 is 1.62 bits per heavy atom. The van der Waals surface area contributed by atoms with Crippen molar-refractivity contribution in [1.29, 1.82) is 0 Å². The highest BCUT2D eigenvalue weighted by Crippen LogP contribution is 2.29. The number of rotatable bonds is 2. The third kappa shape index (κ3) is 2.14. The zero-order chi connectivity index (χ0) is 9.31. The molecule has 0 radical (unpaired) electrons. The molecule has 72 valence electrons. The molecule has 2 heterocycles. The Morgan fingerprint density at radius 3 is 3.00 bits per heavy atom. The van der Waals surface area contributed by atoms with E-state index < -0.39 is 0 Å². The molecule has 0 spiro atoms. The SMILES string of the molecule is CC1(Cc2cscc2Br)CCCN1. The van der Waals surface area contributed by atoms with Crippen molar-refractivity contribution >= 4 is 27.3 Å². The summed E-state index contributed by atoms with van der Waals surface area (Å²) in [6.45, 7) is 3.50. The van der Waals surface area contributed by atoms with Crippen LogP contribution in [-0.4, -0.2) is 12.1 Å². The average molecular weight is 260 g/mol. The first-order valence-electron chi connectivity index (χ1n) is 4.65. The molecule has 2 rings (SSSR count). The van der Waals surface area contributed by atoms with E-state index in [4.69, 9.17) is 0 Å². The van der Waals surface area contributed by atoms with Crippen LogP contribution in [-0.2, 0) is 6.42 Å². The van der Waals surface area contributed by atoms with Crippen LogP contribution in [0.4, 0.5) is 0 Å². The minimum atomic E-state index is 0.337. The fourth-order valence-corrected chi connectivity index (χ4v) is 3.41. The summed E-state index contributed by atoms with van der Waals surface area (Å²) in [5.41, 5.74) is 1.78. The number of hydrogen-bond donors (Lipinski definition) is 1. The van der Waals surface area contributed by atoms with E-state index in [1.165, 1.54) is 29.4 Å². The van der Waals surface area contributed by atoms with Crippen molar-refractivity contribution < 1.29 is 0 Å². The van der Waals surface area contributed by atoms with Crippen molar-refractivity contribution in [3.63, 3.8) is 0 Å². The Balaban J connectivity index is 2.09. The van der Waals surface area contributed by atoms with Gasteiger partial charge in [0.15, 0.2) is 0 Å². The van der Waals surface area contributed by atoms with Gasteiger partial charge in [-0.05, 0) is 59.6 Å². The van der Waals surface area contributed by atoms with Crippen molar-refractivity contribution in [3.8, 4) is 0 Å². The van der Waals surface area contributed by atoms with Gasteiger partial charge < -0.3 is 5.32 Å². The van der Waals surface area contributed by atoms with E-state index in [-0.39, 0.29) is 0 Å². The second kappa shape index (κ2) is 3.71. The van der Waals surface area contributed by atoms with E-state index in [9.17, 15) is 0 Å². The van der Waals surface area contributed by atoms with Gasteiger partial charge in [-0.25, -0.2) is 0 Å². The fourth-order valence-electron chi connectivity index (χ4n) is 1.96. The van der Waals surface area contributed by atoms with E-state index in [0.717, 1.165) is 6.42 Å². The molecule has 0 aliphatic carbocycles. The molecule has 0 aromatic carbocycles. The number of nitrogens with one attached hydrogen (secondary N) is 1. The van der Waals surface area contributed by atoms with Gasteiger partial charge in [-0.1, -0.05) is 0 Å². The van der Waals surface area contributed by atoms with E-state index in [0.29, 0.717) is 5.54 Å². The molecule has 1 N–H and O–H groups in total. The third-order valence-electron chi connectivity index (χ3n) is 2.73. The average Bonchev–Trinajstić information content (AvgIpc) is 2.64. The largest absolute Gasteiger partial charge is 0.311 e. The van der Waals surface area contributed by atoms with Crippen LogP contribution in [0.25, 0.3) is 0 Å². The van der Waals surface area contributed by atoms with Crippen LogP contribution in [0.3, 0.4) is 0 Å². The normalized spacial score (nSPS) is 28.2. The fraction of sp³-hybridized carbons (Fsp3) is 0.600. The van der Waals surface area contributed by atoms with Crippen molar-refractivity contribution in [2.24, 2.45) is 0 Å². The van der Waals surface area contributed by atoms with Crippen LogP contribution in [0.5, 0.6) is 0 Å². The lowest BCUT2D eigenvalue weighted by atomic mass is 9.93. The molecule has 1 aromatic heterocycles. The molecule has 1 atom stereocenters. The Kier molecular flexibility index (Phi) is 2.77. The maximum Gasteiger partial charge on any atom is 0.0314 e. The Labute approximate surface area is 91.7 Å². The quantitative estimate of drug-likeness (QED) is 0.861. The second-order valence-corrected chi connectivity index (χ2v) is 5.61. The smallest absolute Gasteiger partial charge is 0.0314 e. The van der Waals surface area contributed by atoms with E-state index in [2.05, 4.69) is 38.9 Å². The molecule has 1 unspecified atom stereocenters. The van der Waals surface area contributed by atoms with Crippen molar-refractivity contribution in [2.45, 2.75) is 31.7 Å². The van der Waals surface area contributed by atoms with Crippen molar-refractivity contribution in [1.82, 2.24) is 5.32 Å². The lowest BCUT2D eigenvalue weighted by Gasteiger charge is -2.23. The van der Waals surface area contributed by atoms with Gasteiger partial charge in [-0.3, -0.25) is 0 Å². The predicted octanol–water partition coefficient (Wildman–Crippen LogP) is 3.20. The standard InChI is InChI=1S/C10H14BrNS/c1-10(3-2-4-12-10)5-8-6-13-7-9(8)11/h6-7,12H,2-5H2,1H3. The first kappa shape index (κ1) is 9.69. The number of halogens is 1. The van der Waals surface area contributed by atoms with Gasteiger partial charge in [0.25, 0.3) is 0 Å². The molecule has 0 saturated carbocycles. The molecule has 1 aliphatic heterocycles. The van der Waals surface area contributed by atoms with Gasteiger partial charge in [0.1, 0.15) is 0 Å².